The zero-order valence-electron chi connectivity index (χ0n) is 11.9. The zero-order valence-corrected chi connectivity index (χ0v) is 13.5. The van der Waals surface area contributed by atoms with Gasteiger partial charge in [0, 0.05) is 10.4 Å². The van der Waals surface area contributed by atoms with Crippen molar-refractivity contribution in [1.29, 1.82) is 0 Å². The maximum Gasteiger partial charge on any atom is 0.134 e. The van der Waals surface area contributed by atoms with E-state index in [1.54, 1.807) is 0 Å². The van der Waals surface area contributed by atoms with Crippen LogP contribution in [0.3, 0.4) is 0 Å². The van der Waals surface area contributed by atoms with Crippen LogP contribution in [0.15, 0.2) is 28.7 Å². The van der Waals surface area contributed by atoms with Gasteiger partial charge in [-0.2, -0.15) is 0 Å². The van der Waals surface area contributed by atoms with Gasteiger partial charge < -0.3 is 9.73 Å². The van der Waals surface area contributed by atoms with Gasteiger partial charge in [0.25, 0.3) is 0 Å². The Morgan fingerprint density at radius 2 is 2.24 bits per heavy atom. The third kappa shape index (κ3) is 2.95. The predicted molar refractivity (Wildman–Crippen MR) is 86.0 cm³/mol. The van der Waals surface area contributed by atoms with E-state index in [9.17, 15) is 0 Å². The number of hydrogen-bond donors (Lipinski definition) is 1. The molecule has 0 spiro atoms. The average molecular weight is 322 g/mol. The molecule has 4 nitrogen and oxygen atoms in total. The third-order valence-corrected chi connectivity index (χ3v) is 4.46. The average Bonchev–Trinajstić information content (AvgIpc) is 3.06. The van der Waals surface area contributed by atoms with Gasteiger partial charge >= 0.3 is 0 Å². The Labute approximate surface area is 132 Å². The Morgan fingerprint density at radius 3 is 2.95 bits per heavy atom. The highest BCUT2D eigenvalue weighted by Crippen LogP contribution is 2.32. The summed E-state index contributed by atoms with van der Waals surface area (Å²) in [5.74, 6) is 0.870. The van der Waals surface area contributed by atoms with Crippen LogP contribution >= 0.6 is 23.1 Å². The first-order valence-corrected chi connectivity index (χ1v) is 8.05. The van der Waals surface area contributed by atoms with Gasteiger partial charge in [0.1, 0.15) is 17.4 Å². The van der Waals surface area contributed by atoms with Crippen LogP contribution in [0.2, 0.25) is 5.02 Å². The van der Waals surface area contributed by atoms with Crippen LogP contribution in [-0.4, -0.2) is 16.1 Å². The molecule has 1 unspecified atom stereocenters. The van der Waals surface area contributed by atoms with E-state index in [2.05, 4.69) is 21.8 Å². The van der Waals surface area contributed by atoms with Crippen molar-refractivity contribution in [2.24, 2.45) is 0 Å². The summed E-state index contributed by atoms with van der Waals surface area (Å²) in [6.07, 6.45) is 1.05. The van der Waals surface area contributed by atoms with E-state index in [4.69, 9.17) is 16.0 Å². The first kappa shape index (κ1) is 14.5. The summed E-state index contributed by atoms with van der Waals surface area (Å²) in [5, 5.41) is 9.33. The highest BCUT2D eigenvalue weighted by atomic mass is 35.5. The van der Waals surface area contributed by atoms with E-state index in [-0.39, 0.29) is 6.04 Å². The lowest BCUT2D eigenvalue weighted by Crippen LogP contribution is -2.22. The molecule has 0 bridgehead atoms. The van der Waals surface area contributed by atoms with E-state index in [1.807, 2.05) is 31.2 Å². The molecule has 0 fully saturated rings. The van der Waals surface area contributed by atoms with Crippen molar-refractivity contribution in [2.75, 3.05) is 6.54 Å². The smallest absolute Gasteiger partial charge is 0.134 e. The fraction of sp³-hybridized carbons (Fsp3) is 0.333. The molecule has 0 saturated carbocycles. The molecule has 6 heteroatoms. The zero-order chi connectivity index (χ0) is 14.8. The van der Waals surface area contributed by atoms with E-state index in [0.717, 1.165) is 40.3 Å². The van der Waals surface area contributed by atoms with Crippen molar-refractivity contribution in [1.82, 2.24) is 14.9 Å². The molecule has 1 atom stereocenters. The van der Waals surface area contributed by atoms with Gasteiger partial charge in [0.15, 0.2) is 0 Å². The van der Waals surface area contributed by atoms with Crippen molar-refractivity contribution < 1.29 is 4.42 Å². The van der Waals surface area contributed by atoms with Gasteiger partial charge in [-0.05, 0) is 55.7 Å². The van der Waals surface area contributed by atoms with E-state index in [0.29, 0.717) is 5.02 Å². The normalized spacial score (nSPS) is 12.9. The molecular weight excluding hydrogens is 306 g/mol. The number of aryl methyl sites for hydroxylation is 1. The number of hydrogen-bond acceptors (Lipinski definition) is 5. The van der Waals surface area contributed by atoms with Crippen molar-refractivity contribution >= 4 is 34.1 Å². The lowest BCUT2D eigenvalue weighted by Gasteiger charge is -2.14. The van der Waals surface area contributed by atoms with Gasteiger partial charge in [0.05, 0.1) is 10.6 Å². The highest BCUT2D eigenvalue weighted by Gasteiger charge is 2.22. The summed E-state index contributed by atoms with van der Waals surface area (Å²) in [5.41, 5.74) is 1.78. The van der Waals surface area contributed by atoms with Crippen LogP contribution in [-0.2, 0) is 0 Å². The molecular formula is C15H16ClN3OS. The summed E-state index contributed by atoms with van der Waals surface area (Å²) in [6, 6.07) is 7.67. The van der Waals surface area contributed by atoms with Crippen molar-refractivity contribution in [2.45, 2.75) is 26.3 Å². The van der Waals surface area contributed by atoms with Gasteiger partial charge in [0.2, 0.25) is 0 Å². The summed E-state index contributed by atoms with van der Waals surface area (Å²) < 4.78 is 10.0. The molecule has 110 valence electrons. The summed E-state index contributed by atoms with van der Waals surface area (Å²) in [4.78, 5) is 1.09. The first-order valence-electron chi connectivity index (χ1n) is 6.90. The van der Waals surface area contributed by atoms with Crippen LogP contribution in [0.4, 0.5) is 0 Å². The van der Waals surface area contributed by atoms with Crippen LogP contribution in [0, 0.1) is 6.92 Å². The Hall–Kier alpha value is -1.43. The van der Waals surface area contributed by atoms with Gasteiger partial charge in [-0.3, -0.25) is 0 Å². The molecule has 3 rings (SSSR count). The topological polar surface area (TPSA) is 51.0 Å². The highest BCUT2D eigenvalue weighted by molar-refractivity contribution is 7.05. The maximum absolute atomic E-state index is 6.04. The monoisotopic (exact) mass is 321 g/mol. The Bertz CT molecular complexity index is 752. The molecule has 0 amide bonds. The van der Waals surface area contributed by atoms with Gasteiger partial charge in [-0.15, -0.1) is 5.10 Å². The lowest BCUT2D eigenvalue weighted by atomic mass is 10.1. The standard InChI is InChI=1S/C15H16ClN3OS/c1-3-6-17-14(15-9(2)18-19-21-15)13-8-10-7-11(16)4-5-12(10)20-13/h4-5,7-8,14,17H,3,6H2,1-2H3. The number of fused-ring (bicyclic) bond motifs is 1. The molecule has 0 aliphatic carbocycles. The Balaban J connectivity index is 2.03. The first-order chi connectivity index (χ1) is 10.2. The predicted octanol–water partition coefficient (Wildman–Crippen LogP) is 4.34. The maximum atomic E-state index is 6.04. The molecule has 3 aromatic rings. The Kier molecular flexibility index (Phi) is 4.24. The molecule has 0 radical (unpaired) electrons. The minimum atomic E-state index is -0.0175. The molecule has 0 aliphatic rings. The second-order valence-corrected chi connectivity index (χ2v) is 6.16. The van der Waals surface area contributed by atoms with Crippen LogP contribution in [0.5, 0.6) is 0 Å². The van der Waals surface area contributed by atoms with Crippen LogP contribution < -0.4 is 5.32 Å². The molecule has 21 heavy (non-hydrogen) atoms. The van der Waals surface area contributed by atoms with Crippen molar-refractivity contribution in [3.05, 3.63) is 45.6 Å². The molecule has 2 aromatic heterocycles. The Morgan fingerprint density at radius 1 is 1.38 bits per heavy atom. The second-order valence-electron chi connectivity index (χ2n) is 4.94. The summed E-state index contributed by atoms with van der Waals surface area (Å²) >= 11 is 7.45. The molecule has 1 N–H and O–H groups in total. The van der Waals surface area contributed by atoms with Crippen molar-refractivity contribution in [3.8, 4) is 0 Å². The number of aromatic nitrogens is 2. The SMILES string of the molecule is CCCNC(c1cc2cc(Cl)ccc2o1)c1snnc1C. The van der Waals surface area contributed by atoms with Gasteiger partial charge in [-0.1, -0.05) is 23.0 Å². The molecule has 2 heterocycles. The van der Waals surface area contributed by atoms with E-state index >= 15 is 0 Å². The minimum Gasteiger partial charge on any atom is -0.459 e. The third-order valence-electron chi connectivity index (χ3n) is 3.33. The second kappa shape index (κ2) is 6.13. The van der Waals surface area contributed by atoms with E-state index in [1.165, 1.54) is 11.5 Å². The van der Waals surface area contributed by atoms with Crippen LogP contribution in [0.25, 0.3) is 11.0 Å². The molecule has 0 saturated heterocycles. The fourth-order valence-electron chi connectivity index (χ4n) is 2.29. The van der Waals surface area contributed by atoms with Crippen molar-refractivity contribution in [3.63, 3.8) is 0 Å². The minimum absolute atomic E-state index is 0.0175. The quantitative estimate of drug-likeness (QED) is 0.759. The van der Waals surface area contributed by atoms with Gasteiger partial charge in [-0.25, -0.2) is 0 Å². The number of furan rings is 1. The summed E-state index contributed by atoms with van der Waals surface area (Å²) in [7, 11) is 0. The molecule has 1 aromatic carbocycles. The number of benzene rings is 1. The fourth-order valence-corrected chi connectivity index (χ4v) is 3.20. The molecule has 0 aliphatic heterocycles. The van der Waals surface area contributed by atoms with E-state index < -0.39 is 0 Å². The number of nitrogens with zero attached hydrogens (tertiary/aromatic N) is 2. The lowest BCUT2D eigenvalue weighted by molar-refractivity contribution is 0.472. The number of halogens is 1. The number of nitrogens with one attached hydrogen (secondary N) is 1. The van der Waals surface area contributed by atoms with Crippen LogP contribution in [0.1, 0.15) is 35.7 Å². The summed E-state index contributed by atoms with van der Waals surface area (Å²) in [6.45, 7) is 5.01. The largest absolute Gasteiger partial charge is 0.459 e. The number of rotatable bonds is 5.